The van der Waals surface area contributed by atoms with E-state index >= 15 is 0 Å². The second-order valence-electron chi connectivity index (χ2n) is 7.66. The standard InChI is InChI=1S/C21H43O6P/c1-4-5-6-7-8-9-10-11-12-13-14-15-16-17-21-25-18-20(27-21)19-26-28(22,23-2)24-3/h20-21H,4-19H2,1-3H3/t20-,21-/m1/s1. The Morgan fingerprint density at radius 1 is 0.821 bits per heavy atom. The molecule has 6 nitrogen and oxygen atoms in total. The van der Waals surface area contributed by atoms with Gasteiger partial charge >= 0.3 is 7.82 Å². The second kappa shape index (κ2) is 16.8. The monoisotopic (exact) mass is 422 g/mol. The molecular weight excluding hydrogens is 379 g/mol. The van der Waals surface area contributed by atoms with Crippen molar-refractivity contribution in [3.8, 4) is 0 Å². The molecule has 1 rings (SSSR count). The predicted octanol–water partition coefficient (Wildman–Crippen LogP) is 6.63. The predicted molar refractivity (Wildman–Crippen MR) is 113 cm³/mol. The zero-order valence-electron chi connectivity index (χ0n) is 18.4. The number of phosphoric acid groups is 1. The maximum absolute atomic E-state index is 11.8. The molecule has 0 spiro atoms. The van der Waals surface area contributed by atoms with Crippen molar-refractivity contribution in [3.05, 3.63) is 0 Å². The lowest BCUT2D eigenvalue weighted by atomic mass is 10.0. The third kappa shape index (κ3) is 12.6. The van der Waals surface area contributed by atoms with Crippen LogP contribution < -0.4 is 0 Å². The molecule has 0 unspecified atom stereocenters. The summed E-state index contributed by atoms with van der Waals surface area (Å²) >= 11 is 0. The quantitative estimate of drug-likeness (QED) is 0.172. The van der Waals surface area contributed by atoms with Crippen LogP contribution in [-0.4, -0.2) is 39.8 Å². The minimum absolute atomic E-state index is 0.147. The smallest absolute Gasteiger partial charge is 0.350 e. The molecule has 0 amide bonds. The van der Waals surface area contributed by atoms with Crippen molar-refractivity contribution in [2.24, 2.45) is 0 Å². The van der Waals surface area contributed by atoms with E-state index in [2.05, 4.69) is 6.92 Å². The Morgan fingerprint density at radius 3 is 1.82 bits per heavy atom. The average Bonchev–Trinajstić information content (AvgIpc) is 3.17. The van der Waals surface area contributed by atoms with Crippen molar-refractivity contribution < 1.29 is 27.6 Å². The van der Waals surface area contributed by atoms with Crippen LogP contribution in [0.25, 0.3) is 0 Å². The highest BCUT2D eigenvalue weighted by atomic mass is 31.2. The summed E-state index contributed by atoms with van der Waals surface area (Å²) in [5.41, 5.74) is 0. The third-order valence-electron chi connectivity index (χ3n) is 5.22. The Bertz CT molecular complexity index is 398. The summed E-state index contributed by atoms with van der Waals surface area (Å²) in [6, 6.07) is 0. The second-order valence-corrected chi connectivity index (χ2v) is 9.54. The molecule has 168 valence electrons. The van der Waals surface area contributed by atoms with Gasteiger partial charge in [-0.1, -0.05) is 84.0 Å². The molecule has 1 aliphatic rings. The van der Waals surface area contributed by atoms with Crippen molar-refractivity contribution in [1.82, 2.24) is 0 Å². The van der Waals surface area contributed by atoms with Crippen molar-refractivity contribution >= 4 is 7.82 Å². The van der Waals surface area contributed by atoms with Crippen LogP contribution >= 0.6 is 7.82 Å². The molecular formula is C21H43O6P. The molecule has 2 atom stereocenters. The van der Waals surface area contributed by atoms with Crippen LogP contribution in [0.1, 0.15) is 96.8 Å². The van der Waals surface area contributed by atoms with Crippen LogP contribution in [0.4, 0.5) is 0 Å². The lowest BCUT2D eigenvalue weighted by Gasteiger charge is -2.16. The number of hydrogen-bond acceptors (Lipinski definition) is 6. The van der Waals surface area contributed by atoms with Gasteiger partial charge < -0.3 is 9.47 Å². The van der Waals surface area contributed by atoms with E-state index in [1.54, 1.807) is 0 Å². The fourth-order valence-corrected chi connectivity index (χ4v) is 4.14. The Kier molecular flexibility index (Phi) is 15.6. The van der Waals surface area contributed by atoms with Crippen molar-refractivity contribution in [2.75, 3.05) is 27.4 Å². The highest BCUT2D eigenvalue weighted by Crippen LogP contribution is 2.47. The fraction of sp³-hybridized carbons (Fsp3) is 1.00. The van der Waals surface area contributed by atoms with E-state index in [4.69, 9.17) is 23.0 Å². The van der Waals surface area contributed by atoms with Gasteiger partial charge in [-0.3, -0.25) is 13.6 Å². The van der Waals surface area contributed by atoms with Crippen LogP contribution in [0.15, 0.2) is 0 Å². The molecule has 0 bridgehead atoms. The summed E-state index contributed by atoms with van der Waals surface area (Å²) in [7, 11) is -0.841. The molecule has 0 saturated carbocycles. The largest absolute Gasteiger partial charge is 0.474 e. The van der Waals surface area contributed by atoms with Crippen LogP contribution in [0.3, 0.4) is 0 Å². The zero-order chi connectivity index (χ0) is 20.5. The first-order valence-corrected chi connectivity index (χ1v) is 12.7. The van der Waals surface area contributed by atoms with Crippen LogP contribution in [0.2, 0.25) is 0 Å². The topological polar surface area (TPSA) is 63.2 Å². The average molecular weight is 423 g/mol. The van der Waals surface area contributed by atoms with Crippen LogP contribution in [-0.2, 0) is 27.6 Å². The van der Waals surface area contributed by atoms with E-state index in [1.807, 2.05) is 0 Å². The molecule has 0 N–H and O–H groups in total. The Morgan fingerprint density at radius 2 is 1.32 bits per heavy atom. The van der Waals surface area contributed by atoms with Crippen molar-refractivity contribution in [3.63, 3.8) is 0 Å². The van der Waals surface area contributed by atoms with Gasteiger partial charge in [0, 0.05) is 14.2 Å². The first-order valence-electron chi connectivity index (χ1n) is 11.3. The van der Waals surface area contributed by atoms with E-state index in [9.17, 15) is 4.57 Å². The molecule has 28 heavy (non-hydrogen) atoms. The van der Waals surface area contributed by atoms with E-state index in [-0.39, 0.29) is 19.0 Å². The van der Waals surface area contributed by atoms with Gasteiger partial charge in [0.2, 0.25) is 0 Å². The Labute approximate surface area is 172 Å². The Balaban J connectivity index is 1.88. The normalized spacial score (nSPS) is 20.1. The maximum atomic E-state index is 11.8. The lowest BCUT2D eigenvalue weighted by Crippen LogP contribution is -2.18. The van der Waals surface area contributed by atoms with Crippen molar-refractivity contribution in [1.29, 1.82) is 0 Å². The van der Waals surface area contributed by atoms with Crippen molar-refractivity contribution in [2.45, 2.75) is 109 Å². The van der Waals surface area contributed by atoms with E-state index in [0.717, 1.165) is 12.8 Å². The summed E-state index contributed by atoms with van der Waals surface area (Å²) in [6.45, 7) is 2.87. The lowest BCUT2D eigenvalue weighted by molar-refractivity contribution is -0.0702. The van der Waals surface area contributed by atoms with Gasteiger partial charge in [-0.05, 0) is 12.8 Å². The SMILES string of the molecule is CCCCCCCCCCCCCCC[C@@H]1OC[C@H](COP(=O)(OC)OC)O1. The van der Waals surface area contributed by atoms with E-state index < -0.39 is 7.82 Å². The van der Waals surface area contributed by atoms with E-state index in [1.165, 1.54) is 91.3 Å². The summed E-state index contributed by atoms with van der Waals surface area (Å²) < 4.78 is 37.9. The number of hydrogen-bond donors (Lipinski definition) is 0. The van der Waals surface area contributed by atoms with Gasteiger partial charge in [-0.25, -0.2) is 4.57 Å². The van der Waals surface area contributed by atoms with E-state index in [0.29, 0.717) is 6.61 Å². The first kappa shape index (κ1) is 26.1. The molecule has 0 aliphatic carbocycles. The first-order chi connectivity index (χ1) is 13.6. The number of phosphoric ester groups is 1. The minimum atomic E-state index is -3.44. The highest BCUT2D eigenvalue weighted by Gasteiger charge is 2.30. The van der Waals surface area contributed by atoms with Gasteiger partial charge in [0.1, 0.15) is 6.10 Å². The van der Waals surface area contributed by atoms with Gasteiger partial charge in [-0.15, -0.1) is 0 Å². The molecule has 1 heterocycles. The van der Waals surface area contributed by atoms with Gasteiger partial charge in [-0.2, -0.15) is 0 Å². The molecule has 1 aliphatic heterocycles. The third-order valence-corrected chi connectivity index (χ3v) is 6.58. The number of rotatable bonds is 19. The number of ether oxygens (including phenoxy) is 2. The molecule has 1 fully saturated rings. The minimum Gasteiger partial charge on any atom is -0.350 e. The highest BCUT2D eigenvalue weighted by molar-refractivity contribution is 7.48. The molecule has 0 radical (unpaired) electrons. The zero-order valence-corrected chi connectivity index (χ0v) is 19.3. The molecule has 0 aromatic carbocycles. The molecule has 0 aromatic heterocycles. The van der Waals surface area contributed by atoms with Crippen LogP contribution in [0.5, 0.6) is 0 Å². The summed E-state index contributed by atoms with van der Waals surface area (Å²) in [5, 5.41) is 0. The van der Waals surface area contributed by atoms with Gasteiger partial charge in [0.25, 0.3) is 0 Å². The van der Waals surface area contributed by atoms with Gasteiger partial charge in [0.05, 0.1) is 13.2 Å². The molecule has 1 saturated heterocycles. The fourth-order valence-electron chi connectivity index (χ4n) is 3.43. The molecule has 7 heteroatoms. The van der Waals surface area contributed by atoms with Crippen LogP contribution in [0, 0.1) is 0 Å². The summed E-state index contributed by atoms with van der Waals surface area (Å²) in [4.78, 5) is 0. The maximum Gasteiger partial charge on any atom is 0.474 e. The number of unbranched alkanes of at least 4 members (excludes halogenated alkanes) is 12. The summed E-state index contributed by atoms with van der Waals surface area (Å²) in [5.74, 6) is 0. The Hall–Kier alpha value is 0.0300. The molecule has 0 aromatic rings. The summed E-state index contributed by atoms with van der Waals surface area (Å²) in [6.07, 6.45) is 18.0. The van der Waals surface area contributed by atoms with Gasteiger partial charge in [0.15, 0.2) is 6.29 Å².